The Morgan fingerprint density at radius 3 is 0.901 bits per heavy atom. The lowest BCUT2D eigenvalue weighted by Crippen LogP contribution is -2.13. The molecule has 6 aromatic rings. The van der Waals surface area contributed by atoms with Crippen molar-refractivity contribution in [2.24, 2.45) is 0 Å². The van der Waals surface area contributed by atoms with Crippen molar-refractivity contribution in [2.45, 2.75) is 87.0 Å². The molecular weight excluding hydrogens is 877 g/mol. The highest BCUT2D eigenvalue weighted by Gasteiger charge is 2.29. The molecule has 0 radical (unpaired) electrons. The molecule has 0 amide bonds. The molecule has 0 fully saturated rings. The summed E-state index contributed by atoms with van der Waals surface area (Å²) in [5, 5.41) is 0. The van der Waals surface area contributed by atoms with Crippen LogP contribution in [-0.2, 0) is 6.42 Å². The maximum absolute atomic E-state index is 6.58. The van der Waals surface area contributed by atoms with Crippen LogP contribution in [0.1, 0.15) is 114 Å². The molecule has 0 bridgehead atoms. The van der Waals surface area contributed by atoms with Crippen LogP contribution in [0, 0.1) is 55.4 Å². The molecule has 0 aliphatic rings. The highest BCUT2D eigenvalue weighted by Crippen LogP contribution is 2.46. The fourth-order valence-electron chi connectivity index (χ4n) is 9.44. The third-order valence-electron chi connectivity index (χ3n) is 12.9. The van der Waals surface area contributed by atoms with Crippen molar-refractivity contribution < 1.29 is 28.4 Å². The van der Waals surface area contributed by atoms with Gasteiger partial charge >= 0.3 is 0 Å². The zero-order valence-corrected chi connectivity index (χ0v) is 43.8. The molecule has 0 aliphatic heterocycles. The summed E-state index contributed by atoms with van der Waals surface area (Å²) in [6.45, 7) is 41.6. The van der Waals surface area contributed by atoms with E-state index in [2.05, 4.69) is 180 Å². The summed E-state index contributed by atoms with van der Waals surface area (Å²) < 4.78 is 37.8. The molecule has 71 heavy (non-hydrogen) atoms. The second kappa shape index (κ2) is 25.1. The Morgan fingerprint density at radius 1 is 0.338 bits per heavy atom. The van der Waals surface area contributed by atoms with Crippen LogP contribution in [0.5, 0.6) is 34.5 Å². The van der Waals surface area contributed by atoms with E-state index in [0.717, 1.165) is 119 Å². The summed E-state index contributed by atoms with van der Waals surface area (Å²) in [6, 6.07) is 31.0. The summed E-state index contributed by atoms with van der Waals surface area (Å²) in [5.41, 5.74) is 17.8. The van der Waals surface area contributed by atoms with E-state index in [4.69, 9.17) is 28.4 Å². The van der Waals surface area contributed by atoms with Crippen molar-refractivity contribution in [2.75, 3.05) is 39.6 Å². The number of rotatable bonds is 26. The Morgan fingerprint density at radius 2 is 0.620 bits per heavy atom. The first-order valence-corrected chi connectivity index (χ1v) is 24.8. The van der Waals surface area contributed by atoms with Gasteiger partial charge in [0.1, 0.15) is 67.5 Å². The summed E-state index contributed by atoms with van der Waals surface area (Å²) in [5.74, 6) is 4.63. The molecule has 0 N–H and O–H groups in total. The van der Waals surface area contributed by atoms with Crippen molar-refractivity contribution in [1.82, 2.24) is 0 Å². The van der Waals surface area contributed by atoms with E-state index in [1.165, 1.54) is 11.1 Å². The lowest BCUT2D eigenvalue weighted by Gasteiger charge is -2.28. The molecule has 6 rings (SSSR count). The third-order valence-corrected chi connectivity index (χ3v) is 12.9. The van der Waals surface area contributed by atoms with Crippen LogP contribution in [-0.4, -0.2) is 39.6 Å². The zero-order chi connectivity index (χ0) is 51.2. The van der Waals surface area contributed by atoms with E-state index >= 15 is 0 Å². The zero-order valence-electron chi connectivity index (χ0n) is 43.8. The summed E-state index contributed by atoms with van der Waals surface area (Å²) in [6.07, 6.45) is 10.5. The Bertz CT molecular complexity index is 2810. The predicted octanol–water partition coefficient (Wildman–Crippen LogP) is 15.7. The lowest BCUT2D eigenvalue weighted by atomic mass is 9.78. The van der Waals surface area contributed by atoms with Crippen molar-refractivity contribution in [3.05, 3.63) is 237 Å². The van der Waals surface area contributed by atoms with Gasteiger partial charge in [0.05, 0.1) is 6.61 Å². The monoisotopic (exact) mass is 951 g/mol. The quantitative estimate of drug-likeness (QED) is 0.0399. The molecule has 0 saturated heterocycles. The highest BCUT2D eigenvalue weighted by atomic mass is 16.5. The van der Waals surface area contributed by atoms with Gasteiger partial charge in [-0.25, -0.2) is 0 Å². The van der Waals surface area contributed by atoms with E-state index in [0.29, 0.717) is 46.1 Å². The van der Waals surface area contributed by atoms with Crippen LogP contribution in [0.2, 0.25) is 0 Å². The topological polar surface area (TPSA) is 55.4 Å². The smallest absolute Gasteiger partial charge is 0.123 e. The average molecular weight is 951 g/mol. The van der Waals surface area contributed by atoms with Gasteiger partial charge < -0.3 is 28.4 Å². The Hall–Kier alpha value is -7.18. The molecule has 6 nitrogen and oxygen atoms in total. The molecule has 1 atom stereocenters. The van der Waals surface area contributed by atoms with Gasteiger partial charge in [0.15, 0.2) is 0 Å². The second-order valence-electron chi connectivity index (χ2n) is 18.5. The van der Waals surface area contributed by atoms with Crippen molar-refractivity contribution in [3.8, 4) is 34.5 Å². The lowest BCUT2D eigenvalue weighted by molar-refractivity contribution is 0.315. The number of ether oxygens (including phenoxy) is 6. The van der Waals surface area contributed by atoms with Gasteiger partial charge in [0, 0.05) is 23.0 Å². The fourth-order valence-corrected chi connectivity index (χ4v) is 9.44. The van der Waals surface area contributed by atoms with Crippen molar-refractivity contribution in [3.63, 3.8) is 0 Å². The molecule has 0 heterocycles. The van der Waals surface area contributed by atoms with Gasteiger partial charge in [0.2, 0.25) is 0 Å². The van der Waals surface area contributed by atoms with Crippen LogP contribution >= 0.6 is 0 Å². The number of hydrogen-bond acceptors (Lipinski definition) is 6. The first-order valence-electron chi connectivity index (χ1n) is 24.8. The van der Waals surface area contributed by atoms with E-state index in [1.807, 2.05) is 0 Å². The molecule has 6 heteroatoms. The summed E-state index contributed by atoms with van der Waals surface area (Å²) in [7, 11) is 0. The van der Waals surface area contributed by atoms with Gasteiger partial charge in [-0.05, 0) is 183 Å². The van der Waals surface area contributed by atoms with Crippen LogP contribution < -0.4 is 28.4 Å². The van der Waals surface area contributed by atoms with Crippen LogP contribution in [0.3, 0.4) is 0 Å². The molecule has 0 spiro atoms. The number of hydrogen-bond donors (Lipinski definition) is 0. The van der Waals surface area contributed by atoms with Crippen molar-refractivity contribution >= 4 is 0 Å². The maximum Gasteiger partial charge on any atom is 0.123 e. The summed E-state index contributed by atoms with van der Waals surface area (Å²) in [4.78, 5) is 0. The molecule has 0 aromatic heterocycles. The standard InChI is InChI=1S/C65H74O6/c1-15-25-66-58-23-21-50(40-56(58)64(52-31-46(11)60(35-42(52)7)68-27-17-3)53-32-47(12)61(36-43(53)8)69-28-18-4)39-51-22-24-59(67-26-16-2)57(41-51)65(54-33-48(13)62(37-44(54)9)70-29-19-5)55-34-49(14)63(38-45(55)10)71-30-20-6/h15-19,21-24,31-38,40-41,64-65H,1-5,20,25-30,39H2,6-14H3. The second-order valence-corrected chi connectivity index (χ2v) is 18.5. The van der Waals surface area contributed by atoms with Crippen molar-refractivity contribution in [1.29, 1.82) is 0 Å². The minimum absolute atomic E-state index is 0.190. The Labute approximate surface area is 425 Å². The summed E-state index contributed by atoms with van der Waals surface area (Å²) >= 11 is 0. The van der Waals surface area contributed by atoms with Gasteiger partial charge in [-0.1, -0.05) is 119 Å². The predicted molar refractivity (Wildman–Crippen MR) is 295 cm³/mol. The molecular formula is C65H74O6. The van der Waals surface area contributed by atoms with Crippen LogP contribution in [0.15, 0.2) is 148 Å². The highest BCUT2D eigenvalue weighted by molar-refractivity contribution is 5.61. The average Bonchev–Trinajstić information content (AvgIpc) is 3.35. The maximum atomic E-state index is 6.58. The number of benzene rings is 6. The van der Waals surface area contributed by atoms with E-state index in [9.17, 15) is 0 Å². The van der Waals surface area contributed by atoms with Crippen LogP contribution in [0.25, 0.3) is 0 Å². The first kappa shape index (κ1) is 53.2. The number of aryl methyl sites for hydroxylation is 8. The normalized spacial score (nSPS) is 11.4. The van der Waals surface area contributed by atoms with Gasteiger partial charge in [-0.15, -0.1) is 0 Å². The van der Waals surface area contributed by atoms with E-state index < -0.39 is 0 Å². The Kier molecular flexibility index (Phi) is 18.8. The molecule has 370 valence electrons. The SMILES string of the molecule is C=CCOc1cc(C)c(C(c2cc(C)c(OCC=C)cc2C)c2cc(Cc3ccc(OCC=C)c(C(c4cc(C)c(OCC=C)cc4C)c4cc(C)c(OCCC)cc4C)c3)ccc2OCC=C)cc1C. The molecule has 1 unspecified atom stereocenters. The largest absolute Gasteiger partial charge is 0.493 e. The van der Waals surface area contributed by atoms with E-state index in [1.54, 1.807) is 30.4 Å². The molecule has 0 saturated carbocycles. The van der Waals surface area contributed by atoms with E-state index in [-0.39, 0.29) is 11.8 Å². The third kappa shape index (κ3) is 12.8. The molecule has 0 aliphatic carbocycles. The molecule has 6 aromatic carbocycles. The Balaban J connectivity index is 1.58. The van der Waals surface area contributed by atoms with Gasteiger partial charge in [-0.3, -0.25) is 0 Å². The van der Waals surface area contributed by atoms with Gasteiger partial charge in [0.25, 0.3) is 0 Å². The fraction of sp³-hybridized carbons (Fsp3) is 0.292. The first-order chi connectivity index (χ1) is 34.3. The minimum Gasteiger partial charge on any atom is -0.493 e. The minimum atomic E-state index is -0.205. The van der Waals surface area contributed by atoms with Crippen LogP contribution in [0.4, 0.5) is 0 Å². The van der Waals surface area contributed by atoms with Gasteiger partial charge in [-0.2, -0.15) is 0 Å².